The second kappa shape index (κ2) is 3.54. The predicted molar refractivity (Wildman–Crippen MR) is 65.8 cm³/mol. The summed E-state index contributed by atoms with van der Waals surface area (Å²) in [5, 5.41) is 9.92. The molecular formula is C9H5BrINO2. The summed E-state index contributed by atoms with van der Waals surface area (Å²) in [6, 6.07) is 7.42. The van der Waals surface area contributed by atoms with E-state index in [1.807, 2.05) is 40.8 Å². The molecule has 5 heteroatoms. The van der Waals surface area contributed by atoms with E-state index in [2.05, 4.69) is 15.9 Å². The van der Waals surface area contributed by atoms with Crippen molar-refractivity contribution in [3.05, 3.63) is 32.4 Å². The van der Waals surface area contributed by atoms with Gasteiger partial charge in [-0.1, -0.05) is 22.0 Å². The van der Waals surface area contributed by atoms with Crippen molar-refractivity contribution >= 4 is 55.5 Å². The summed E-state index contributed by atoms with van der Waals surface area (Å²) in [6.07, 6.45) is -0.956. The monoisotopic (exact) mass is 365 g/mol. The first-order chi connectivity index (χ1) is 6.59. The number of rotatable bonds is 0. The lowest BCUT2D eigenvalue weighted by Crippen LogP contribution is -2.08. The van der Waals surface area contributed by atoms with Gasteiger partial charge in [0.1, 0.15) is 0 Å². The summed E-state index contributed by atoms with van der Waals surface area (Å²) in [4.78, 5) is 11.0. The Balaban J connectivity index is 2.86. The highest BCUT2D eigenvalue weighted by Crippen LogP contribution is 2.24. The number of carboxylic acid groups (broad SMARTS) is 1. The molecule has 0 fully saturated rings. The summed E-state index contributed by atoms with van der Waals surface area (Å²) < 4.78 is 2.84. The minimum absolute atomic E-state index is 0.697. The summed E-state index contributed by atoms with van der Waals surface area (Å²) >= 11 is 5.32. The Labute approximate surface area is 102 Å². The van der Waals surface area contributed by atoms with Crippen LogP contribution in [0.2, 0.25) is 0 Å². The molecule has 1 aromatic carbocycles. The number of benzene rings is 1. The second-order valence-corrected chi connectivity index (χ2v) is 4.81. The van der Waals surface area contributed by atoms with E-state index in [4.69, 9.17) is 5.11 Å². The average molecular weight is 366 g/mol. The van der Waals surface area contributed by atoms with Crippen molar-refractivity contribution in [1.29, 1.82) is 0 Å². The fraction of sp³-hybridized carbons (Fsp3) is 0. The molecule has 0 aliphatic rings. The van der Waals surface area contributed by atoms with Crippen molar-refractivity contribution in [2.45, 2.75) is 0 Å². The molecule has 0 saturated heterocycles. The Morgan fingerprint density at radius 3 is 2.79 bits per heavy atom. The van der Waals surface area contributed by atoms with E-state index in [-0.39, 0.29) is 0 Å². The van der Waals surface area contributed by atoms with Crippen molar-refractivity contribution in [3.63, 3.8) is 0 Å². The van der Waals surface area contributed by atoms with Gasteiger partial charge < -0.3 is 5.11 Å². The largest absolute Gasteiger partial charge is 0.464 e. The van der Waals surface area contributed by atoms with Crippen LogP contribution >= 0.6 is 38.5 Å². The van der Waals surface area contributed by atoms with Crippen LogP contribution in [-0.4, -0.2) is 15.8 Å². The summed E-state index contributed by atoms with van der Waals surface area (Å²) in [5.41, 5.74) is 0.705. The SMILES string of the molecule is O=C(O)n1c(I)cc2ccc(Br)cc21. The van der Waals surface area contributed by atoms with Crippen molar-refractivity contribution in [1.82, 2.24) is 4.57 Å². The molecule has 0 saturated carbocycles. The minimum atomic E-state index is -0.956. The van der Waals surface area contributed by atoms with Crippen LogP contribution in [-0.2, 0) is 0 Å². The molecule has 0 unspecified atom stereocenters. The predicted octanol–water partition coefficient (Wildman–Crippen LogP) is 3.53. The van der Waals surface area contributed by atoms with Gasteiger partial charge in [-0.2, -0.15) is 0 Å². The maximum Gasteiger partial charge on any atom is 0.416 e. The molecule has 1 aromatic heterocycles. The van der Waals surface area contributed by atoms with Crippen LogP contribution < -0.4 is 0 Å². The summed E-state index contributed by atoms with van der Waals surface area (Å²) in [6.45, 7) is 0. The third-order valence-electron chi connectivity index (χ3n) is 1.91. The number of halogens is 2. The van der Waals surface area contributed by atoms with E-state index in [0.717, 1.165) is 9.86 Å². The lowest BCUT2D eigenvalue weighted by molar-refractivity contribution is 0.197. The van der Waals surface area contributed by atoms with Crippen LogP contribution in [0.15, 0.2) is 28.7 Å². The van der Waals surface area contributed by atoms with Crippen molar-refractivity contribution < 1.29 is 9.90 Å². The minimum Gasteiger partial charge on any atom is -0.464 e. The third kappa shape index (κ3) is 1.54. The van der Waals surface area contributed by atoms with E-state index in [9.17, 15) is 4.79 Å². The Hall–Kier alpha value is -0.560. The molecule has 0 atom stereocenters. The van der Waals surface area contributed by atoms with Gasteiger partial charge in [0.05, 0.1) is 9.22 Å². The smallest absolute Gasteiger partial charge is 0.416 e. The van der Waals surface area contributed by atoms with Gasteiger partial charge >= 0.3 is 6.09 Å². The topological polar surface area (TPSA) is 42.2 Å². The Bertz CT molecular complexity index is 521. The number of hydrogen-bond acceptors (Lipinski definition) is 1. The van der Waals surface area contributed by atoms with Crippen molar-refractivity contribution in [3.8, 4) is 0 Å². The van der Waals surface area contributed by atoms with Crippen LogP contribution in [0.5, 0.6) is 0 Å². The Morgan fingerprint density at radius 1 is 1.43 bits per heavy atom. The Morgan fingerprint density at radius 2 is 2.14 bits per heavy atom. The van der Waals surface area contributed by atoms with Gasteiger partial charge in [0.25, 0.3) is 0 Å². The number of carbonyl (C=O) groups is 1. The first-order valence-corrected chi connectivity index (χ1v) is 5.66. The molecule has 2 aromatic rings. The summed E-state index contributed by atoms with van der Waals surface area (Å²) in [7, 11) is 0. The van der Waals surface area contributed by atoms with Gasteiger partial charge in [-0.25, -0.2) is 9.36 Å². The second-order valence-electron chi connectivity index (χ2n) is 2.79. The molecular weight excluding hydrogens is 361 g/mol. The van der Waals surface area contributed by atoms with E-state index in [1.165, 1.54) is 4.57 Å². The standard InChI is InChI=1S/C9H5BrINO2/c10-6-2-1-5-3-8(11)12(9(13)14)7(5)4-6/h1-4H,(H,13,14). The van der Waals surface area contributed by atoms with Crippen molar-refractivity contribution in [2.75, 3.05) is 0 Å². The molecule has 1 N–H and O–H groups in total. The number of fused-ring (bicyclic) bond motifs is 1. The quantitative estimate of drug-likeness (QED) is 0.725. The summed E-state index contributed by atoms with van der Waals surface area (Å²) in [5.74, 6) is 0. The molecule has 2 rings (SSSR count). The van der Waals surface area contributed by atoms with Crippen LogP contribution in [0.25, 0.3) is 10.9 Å². The third-order valence-corrected chi connectivity index (χ3v) is 3.20. The normalized spacial score (nSPS) is 10.7. The average Bonchev–Trinajstić information content (AvgIpc) is 2.40. The maximum absolute atomic E-state index is 11.0. The lowest BCUT2D eigenvalue weighted by Gasteiger charge is -1.99. The molecule has 0 amide bonds. The van der Waals surface area contributed by atoms with Crippen LogP contribution in [0.3, 0.4) is 0 Å². The highest BCUT2D eigenvalue weighted by molar-refractivity contribution is 14.1. The molecule has 0 spiro atoms. The zero-order chi connectivity index (χ0) is 10.3. The van der Waals surface area contributed by atoms with Gasteiger partial charge in [0.2, 0.25) is 0 Å². The first-order valence-electron chi connectivity index (χ1n) is 3.79. The fourth-order valence-corrected chi connectivity index (χ4v) is 2.49. The molecule has 0 bridgehead atoms. The molecule has 0 aliphatic carbocycles. The van der Waals surface area contributed by atoms with Crippen LogP contribution in [0.1, 0.15) is 0 Å². The lowest BCUT2D eigenvalue weighted by atomic mass is 10.2. The van der Waals surface area contributed by atoms with Gasteiger partial charge in [0, 0.05) is 9.86 Å². The van der Waals surface area contributed by atoms with Crippen LogP contribution in [0.4, 0.5) is 4.79 Å². The zero-order valence-electron chi connectivity index (χ0n) is 6.87. The molecule has 1 heterocycles. The zero-order valence-corrected chi connectivity index (χ0v) is 10.6. The molecule has 0 radical (unpaired) electrons. The van der Waals surface area contributed by atoms with Gasteiger partial charge in [-0.15, -0.1) is 0 Å². The van der Waals surface area contributed by atoms with E-state index < -0.39 is 6.09 Å². The molecule has 0 aliphatic heterocycles. The van der Waals surface area contributed by atoms with Gasteiger partial charge in [-0.05, 0) is 40.8 Å². The molecule has 3 nitrogen and oxygen atoms in total. The highest BCUT2D eigenvalue weighted by atomic mass is 127. The number of nitrogens with zero attached hydrogens (tertiary/aromatic N) is 1. The van der Waals surface area contributed by atoms with Gasteiger partial charge in [0.15, 0.2) is 0 Å². The number of hydrogen-bond donors (Lipinski definition) is 1. The molecule has 14 heavy (non-hydrogen) atoms. The van der Waals surface area contributed by atoms with Crippen LogP contribution in [0, 0.1) is 3.70 Å². The first kappa shape index (κ1) is 9.97. The fourth-order valence-electron chi connectivity index (χ4n) is 1.33. The Kier molecular flexibility index (Phi) is 2.52. The highest BCUT2D eigenvalue weighted by Gasteiger charge is 2.11. The van der Waals surface area contributed by atoms with E-state index in [0.29, 0.717) is 9.22 Å². The van der Waals surface area contributed by atoms with Crippen molar-refractivity contribution in [2.24, 2.45) is 0 Å². The maximum atomic E-state index is 11.0. The van der Waals surface area contributed by atoms with E-state index in [1.54, 1.807) is 6.07 Å². The van der Waals surface area contributed by atoms with Gasteiger partial charge in [-0.3, -0.25) is 0 Å². The van der Waals surface area contributed by atoms with E-state index >= 15 is 0 Å². The number of aromatic nitrogens is 1. The molecule has 72 valence electrons.